The van der Waals surface area contributed by atoms with Crippen LogP contribution in [0, 0.1) is 0 Å². The number of aliphatic hydroxyl groups excluding tert-OH is 1. The third-order valence-electron chi connectivity index (χ3n) is 1.56. The van der Waals surface area contributed by atoms with Gasteiger partial charge in [-0.25, -0.2) is 0 Å². The van der Waals surface area contributed by atoms with Gasteiger partial charge in [-0.3, -0.25) is 0 Å². The standard InChI is InChI=1S/C8H13NO/c1-7(10)6-8-4-3-5-9(8)2/h3-5,7,10H,6H2,1-2H3/t7-/m0/s1. The van der Waals surface area contributed by atoms with Gasteiger partial charge in [-0.2, -0.15) is 0 Å². The van der Waals surface area contributed by atoms with Crippen LogP contribution in [0.2, 0.25) is 0 Å². The fourth-order valence-corrected chi connectivity index (χ4v) is 1.01. The van der Waals surface area contributed by atoms with E-state index in [0.29, 0.717) is 0 Å². The van der Waals surface area contributed by atoms with Gasteiger partial charge < -0.3 is 9.67 Å². The van der Waals surface area contributed by atoms with Crippen molar-refractivity contribution in [1.29, 1.82) is 0 Å². The SMILES string of the molecule is C[C@H](O)Cc1cccn1C. The van der Waals surface area contributed by atoms with E-state index in [4.69, 9.17) is 5.11 Å². The molecule has 0 unspecified atom stereocenters. The van der Waals surface area contributed by atoms with Crippen molar-refractivity contribution in [3.05, 3.63) is 24.0 Å². The second-order valence-corrected chi connectivity index (χ2v) is 2.66. The Bertz CT molecular complexity index is 203. The van der Waals surface area contributed by atoms with Crippen molar-refractivity contribution in [2.75, 3.05) is 0 Å². The van der Waals surface area contributed by atoms with Gasteiger partial charge in [-0.1, -0.05) is 0 Å². The molecule has 0 aliphatic carbocycles. The average Bonchev–Trinajstić information content (AvgIpc) is 2.15. The van der Waals surface area contributed by atoms with E-state index in [2.05, 4.69) is 0 Å². The van der Waals surface area contributed by atoms with Gasteiger partial charge in [0.15, 0.2) is 0 Å². The van der Waals surface area contributed by atoms with Crippen LogP contribution >= 0.6 is 0 Å². The van der Waals surface area contributed by atoms with Crippen LogP contribution in [0.3, 0.4) is 0 Å². The second-order valence-electron chi connectivity index (χ2n) is 2.66. The van der Waals surface area contributed by atoms with E-state index >= 15 is 0 Å². The van der Waals surface area contributed by atoms with Crippen LogP contribution in [0.1, 0.15) is 12.6 Å². The highest BCUT2D eigenvalue weighted by molar-refractivity contribution is 5.07. The summed E-state index contributed by atoms with van der Waals surface area (Å²) in [7, 11) is 1.98. The minimum atomic E-state index is -0.242. The van der Waals surface area contributed by atoms with E-state index in [1.807, 2.05) is 29.9 Å². The van der Waals surface area contributed by atoms with Crippen LogP contribution in [0.15, 0.2) is 18.3 Å². The number of aliphatic hydroxyl groups is 1. The first kappa shape index (κ1) is 7.35. The third kappa shape index (κ3) is 1.61. The van der Waals surface area contributed by atoms with E-state index in [1.54, 1.807) is 6.92 Å². The highest BCUT2D eigenvalue weighted by Gasteiger charge is 2.00. The summed E-state index contributed by atoms with van der Waals surface area (Å²) in [6.07, 6.45) is 2.48. The first-order valence-corrected chi connectivity index (χ1v) is 3.48. The number of aryl methyl sites for hydroxylation is 1. The summed E-state index contributed by atoms with van der Waals surface area (Å²) in [6, 6.07) is 4.00. The Morgan fingerprint density at radius 2 is 2.40 bits per heavy atom. The molecule has 0 radical (unpaired) electrons. The fourth-order valence-electron chi connectivity index (χ4n) is 1.01. The molecule has 0 bridgehead atoms. The van der Waals surface area contributed by atoms with Gasteiger partial charge in [-0.05, 0) is 19.1 Å². The zero-order valence-corrected chi connectivity index (χ0v) is 6.41. The first-order chi connectivity index (χ1) is 4.70. The Morgan fingerprint density at radius 3 is 2.80 bits per heavy atom. The van der Waals surface area contributed by atoms with Crippen molar-refractivity contribution in [2.24, 2.45) is 7.05 Å². The van der Waals surface area contributed by atoms with Crippen LogP contribution in [0.25, 0.3) is 0 Å². The summed E-state index contributed by atoms with van der Waals surface area (Å²) in [6.45, 7) is 1.80. The maximum absolute atomic E-state index is 9.04. The van der Waals surface area contributed by atoms with Crippen molar-refractivity contribution in [3.8, 4) is 0 Å². The molecule has 0 aliphatic rings. The summed E-state index contributed by atoms with van der Waals surface area (Å²) >= 11 is 0. The van der Waals surface area contributed by atoms with Gasteiger partial charge in [-0.15, -0.1) is 0 Å². The fraction of sp³-hybridized carbons (Fsp3) is 0.500. The molecule has 1 aromatic rings. The molecule has 0 fully saturated rings. The third-order valence-corrected chi connectivity index (χ3v) is 1.56. The molecule has 0 saturated carbocycles. The zero-order chi connectivity index (χ0) is 7.56. The summed E-state index contributed by atoms with van der Waals surface area (Å²) in [5, 5.41) is 9.04. The molecule has 1 N–H and O–H groups in total. The van der Waals surface area contributed by atoms with Crippen LogP contribution in [0.5, 0.6) is 0 Å². The lowest BCUT2D eigenvalue weighted by molar-refractivity contribution is 0.193. The summed E-state index contributed by atoms with van der Waals surface area (Å²) in [5.74, 6) is 0. The second kappa shape index (κ2) is 2.88. The number of nitrogens with zero attached hydrogens (tertiary/aromatic N) is 1. The monoisotopic (exact) mass is 139 g/mol. The molecule has 0 aliphatic heterocycles. The minimum absolute atomic E-state index is 0.242. The topological polar surface area (TPSA) is 25.2 Å². The lowest BCUT2D eigenvalue weighted by Gasteiger charge is -2.04. The van der Waals surface area contributed by atoms with Gasteiger partial charge in [0.1, 0.15) is 0 Å². The van der Waals surface area contributed by atoms with Crippen LogP contribution in [0.4, 0.5) is 0 Å². The predicted molar refractivity (Wildman–Crippen MR) is 40.8 cm³/mol. The molecular weight excluding hydrogens is 126 g/mol. The molecule has 56 valence electrons. The van der Waals surface area contributed by atoms with Crippen molar-refractivity contribution in [3.63, 3.8) is 0 Å². The molecule has 10 heavy (non-hydrogen) atoms. The maximum Gasteiger partial charge on any atom is 0.0566 e. The summed E-state index contributed by atoms with van der Waals surface area (Å²) in [5.41, 5.74) is 1.18. The minimum Gasteiger partial charge on any atom is -0.393 e. The molecule has 0 spiro atoms. The maximum atomic E-state index is 9.04. The molecule has 1 atom stereocenters. The van der Waals surface area contributed by atoms with Gasteiger partial charge in [0.25, 0.3) is 0 Å². The van der Waals surface area contributed by atoms with E-state index in [1.165, 1.54) is 5.69 Å². The molecule has 0 amide bonds. The number of hydrogen-bond acceptors (Lipinski definition) is 1. The molecule has 1 aromatic heterocycles. The lowest BCUT2D eigenvalue weighted by atomic mass is 10.2. The van der Waals surface area contributed by atoms with Crippen LogP contribution in [-0.2, 0) is 13.5 Å². The van der Waals surface area contributed by atoms with Gasteiger partial charge >= 0.3 is 0 Å². The summed E-state index contributed by atoms with van der Waals surface area (Å²) in [4.78, 5) is 0. The Balaban J connectivity index is 2.65. The molecule has 0 aromatic carbocycles. The molecule has 0 saturated heterocycles. The van der Waals surface area contributed by atoms with Crippen molar-refractivity contribution in [1.82, 2.24) is 4.57 Å². The molecule has 2 heteroatoms. The van der Waals surface area contributed by atoms with Crippen LogP contribution in [-0.4, -0.2) is 15.8 Å². The lowest BCUT2D eigenvalue weighted by Crippen LogP contribution is -2.07. The van der Waals surface area contributed by atoms with Gasteiger partial charge in [0.05, 0.1) is 6.10 Å². The highest BCUT2D eigenvalue weighted by Crippen LogP contribution is 2.02. The average molecular weight is 139 g/mol. The van der Waals surface area contributed by atoms with E-state index < -0.39 is 0 Å². The molecule has 2 nitrogen and oxygen atoms in total. The highest BCUT2D eigenvalue weighted by atomic mass is 16.3. The predicted octanol–water partition coefficient (Wildman–Crippen LogP) is 0.948. The van der Waals surface area contributed by atoms with Crippen molar-refractivity contribution < 1.29 is 5.11 Å². The number of aromatic nitrogens is 1. The van der Waals surface area contributed by atoms with Crippen molar-refractivity contribution >= 4 is 0 Å². The Morgan fingerprint density at radius 1 is 1.70 bits per heavy atom. The van der Waals surface area contributed by atoms with E-state index in [0.717, 1.165) is 6.42 Å². The van der Waals surface area contributed by atoms with Gasteiger partial charge in [0.2, 0.25) is 0 Å². The number of hydrogen-bond donors (Lipinski definition) is 1. The quantitative estimate of drug-likeness (QED) is 0.648. The van der Waals surface area contributed by atoms with E-state index in [-0.39, 0.29) is 6.10 Å². The zero-order valence-electron chi connectivity index (χ0n) is 6.41. The van der Waals surface area contributed by atoms with Crippen LogP contribution < -0.4 is 0 Å². The van der Waals surface area contributed by atoms with Crippen molar-refractivity contribution in [2.45, 2.75) is 19.4 Å². The molecule has 1 rings (SSSR count). The summed E-state index contributed by atoms with van der Waals surface area (Å²) < 4.78 is 2.02. The first-order valence-electron chi connectivity index (χ1n) is 3.48. The van der Waals surface area contributed by atoms with Gasteiger partial charge in [0, 0.05) is 25.4 Å². The number of rotatable bonds is 2. The Hall–Kier alpha value is -0.760. The Labute approximate surface area is 61.1 Å². The largest absolute Gasteiger partial charge is 0.393 e. The molecular formula is C8H13NO. The molecule has 1 heterocycles. The van der Waals surface area contributed by atoms with E-state index in [9.17, 15) is 0 Å². The smallest absolute Gasteiger partial charge is 0.0566 e. The normalized spacial score (nSPS) is 13.5. The Kier molecular flexibility index (Phi) is 2.12.